The molecular weight excluding hydrogens is 356 g/mol. The lowest BCUT2D eigenvalue weighted by Gasteiger charge is -2.10. The van der Waals surface area contributed by atoms with Crippen LogP contribution < -0.4 is 5.32 Å². The van der Waals surface area contributed by atoms with Gasteiger partial charge >= 0.3 is 5.97 Å². The highest BCUT2D eigenvalue weighted by atomic mass is 32.2. The normalized spacial score (nSPS) is 10.8. The molecule has 2 aromatic heterocycles. The fraction of sp³-hybridized carbons (Fsp3) is 0.176. The summed E-state index contributed by atoms with van der Waals surface area (Å²) in [5, 5.41) is 25.9. The van der Waals surface area contributed by atoms with Crippen LogP contribution in [0.2, 0.25) is 0 Å². The monoisotopic (exact) mass is 372 g/mol. The highest BCUT2D eigenvalue weighted by Gasteiger charge is 2.21. The lowest BCUT2D eigenvalue weighted by molar-refractivity contribution is -0.135. The molecule has 0 unspecified atom stereocenters. The number of thioether (sulfide) groups is 1. The van der Waals surface area contributed by atoms with Crippen LogP contribution in [-0.2, 0) is 10.5 Å². The van der Waals surface area contributed by atoms with E-state index >= 15 is 0 Å². The molecule has 0 saturated heterocycles. The first kappa shape index (κ1) is 17.7. The van der Waals surface area contributed by atoms with Crippen LogP contribution in [0.25, 0.3) is 5.65 Å². The molecule has 0 saturated carbocycles. The minimum absolute atomic E-state index is 0.108. The van der Waals surface area contributed by atoms with Crippen molar-refractivity contribution in [2.75, 3.05) is 6.54 Å². The quantitative estimate of drug-likeness (QED) is 0.565. The van der Waals surface area contributed by atoms with Crippen LogP contribution in [0.4, 0.5) is 0 Å². The van der Waals surface area contributed by atoms with Gasteiger partial charge in [0.1, 0.15) is 29.2 Å². The predicted octanol–water partition coefficient (Wildman–Crippen LogP) is 1.85. The summed E-state index contributed by atoms with van der Waals surface area (Å²) in [7, 11) is 0. The third-order valence-electron chi connectivity index (χ3n) is 3.63. The Hall–Kier alpha value is -3.07. The van der Waals surface area contributed by atoms with Gasteiger partial charge in [0, 0.05) is 11.8 Å². The summed E-state index contributed by atoms with van der Waals surface area (Å²) in [5.41, 5.74) is 2.34. The standard InChI is InChI=1S/C17H16N4O4S/c1-10-2-4-11(5-3-10)8-26-13-6-12(22)15(16-19-9-20-21(13)16)17(25)18-7-14(23)24/h2-6,9,22H,7-8H2,1H3,(H,18,25)(H,23,24). The van der Waals surface area contributed by atoms with Crippen LogP contribution in [0, 0.1) is 6.92 Å². The van der Waals surface area contributed by atoms with Gasteiger partial charge < -0.3 is 15.5 Å². The molecule has 3 aromatic rings. The second kappa shape index (κ2) is 7.44. The molecule has 3 rings (SSSR count). The Morgan fingerprint density at radius 1 is 1.27 bits per heavy atom. The van der Waals surface area contributed by atoms with E-state index in [9.17, 15) is 14.7 Å². The number of nitrogens with zero attached hydrogens (tertiary/aromatic N) is 3. The fourth-order valence-electron chi connectivity index (χ4n) is 2.34. The van der Waals surface area contributed by atoms with E-state index in [1.54, 1.807) is 0 Å². The van der Waals surface area contributed by atoms with Gasteiger partial charge in [0.2, 0.25) is 0 Å². The Bertz CT molecular complexity index is 969. The molecule has 0 radical (unpaired) electrons. The number of carbonyl (C=O) groups excluding carboxylic acids is 1. The highest BCUT2D eigenvalue weighted by molar-refractivity contribution is 7.98. The van der Waals surface area contributed by atoms with Crippen molar-refractivity contribution in [2.24, 2.45) is 0 Å². The number of hydrogen-bond donors (Lipinski definition) is 3. The number of carboxylic acids is 1. The number of nitrogens with one attached hydrogen (secondary N) is 1. The average molecular weight is 372 g/mol. The van der Waals surface area contributed by atoms with E-state index in [1.165, 1.54) is 34.2 Å². The topological polar surface area (TPSA) is 117 Å². The van der Waals surface area contributed by atoms with Crippen LogP contribution in [0.3, 0.4) is 0 Å². The summed E-state index contributed by atoms with van der Waals surface area (Å²) in [6.07, 6.45) is 1.28. The van der Waals surface area contributed by atoms with Crippen LogP contribution in [0.5, 0.6) is 5.75 Å². The molecule has 0 atom stereocenters. The number of aromatic nitrogens is 3. The molecule has 0 aliphatic rings. The minimum Gasteiger partial charge on any atom is -0.507 e. The lowest BCUT2D eigenvalue weighted by atomic mass is 10.2. The zero-order chi connectivity index (χ0) is 18.7. The predicted molar refractivity (Wildman–Crippen MR) is 95.4 cm³/mol. The van der Waals surface area contributed by atoms with E-state index in [-0.39, 0.29) is 17.0 Å². The summed E-state index contributed by atoms with van der Waals surface area (Å²) < 4.78 is 1.45. The smallest absolute Gasteiger partial charge is 0.322 e. The van der Waals surface area contributed by atoms with Gasteiger partial charge in [-0.25, -0.2) is 9.50 Å². The number of carboxylic acid groups (broad SMARTS) is 1. The largest absolute Gasteiger partial charge is 0.507 e. The van der Waals surface area contributed by atoms with E-state index in [0.717, 1.165) is 5.56 Å². The number of rotatable bonds is 6. The van der Waals surface area contributed by atoms with E-state index in [4.69, 9.17) is 5.11 Å². The maximum absolute atomic E-state index is 12.2. The van der Waals surface area contributed by atoms with E-state index < -0.39 is 18.4 Å². The summed E-state index contributed by atoms with van der Waals surface area (Å²) in [4.78, 5) is 26.8. The van der Waals surface area contributed by atoms with Gasteiger partial charge in [-0.15, -0.1) is 11.8 Å². The lowest BCUT2D eigenvalue weighted by Crippen LogP contribution is -2.29. The van der Waals surface area contributed by atoms with Crippen molar-refractivity contribution in [3.63, 3.8) is 0 Å². The number of pyridine rings is 1. The Morgan fingerprint density at radius 2 is 2.00 bits per heavy atom. The Morgan fingerprint density at radius 3 is 2.69 bits per heavy atom. The molecule has 1 aromatic carbocycles. The summed E-state index contributed by atoms with van der Waals surface area (Å²) in [5.74, 6) is -1.53. The second-order valence-electron chi connectivity index (χ2n) is 5.59. The molecule has 0 spiro atoms. The highest BCUT2D eigenvalue weighted by Crippen LogP contribution is 2.30. The number of aliphatic carboxylic acids is 1. The number of carbonyl (C=O) groups is 2. The van der Waals surface area contributed by atoms with Crippen LogP contribution >= 0.6 is 11.8 Å². The van der Waals surface area contributed by atoms with Crippen LogP contribution in [0.1, 0.15) is 21.5 Å². The van der Waals surface area contributed by atoms with E-state index in [1.807, 2.05) is 31.2 Å². The first-order valence-electron chi connectivity index (χ1n) is 7.69. The van der Waals surface area contributed by atoms with Gasteiger partial charge in [-0.05, 0) is 12.5 Å². The van der Waals surface area contributed by atoms with Gasteiger partial charge in [0.25, 0.3) is 5.91 Å². The molecular formula is C17H16N4O4S. The van der Waals surface area contributed by atoms with Gasteiger partial charge in [0.15, 0.2) is 5.65 Å². The average Bonchev–Trinajstić information content (AvgIpc) is 3.08. The summed E-state index contributed by atoms with van der Waals surface area (Å²) in [6.45, 7) is 1.46. The molecule has 134 valence electrons. The third-order valence-corrected chi connectivity index (χ3v) is 4.70. The van der Waals surface area contributed by atoms with E-state index in [2.05, 4.69) is 15.4 Å². The molecule has 8 nitrogen and oxygen atoms in total. The summed E-state index contributed by atoms with van der Waals surface area (Å²) in [6, 6.07) is 9.52. The van der Waals surface area contributed by atoms with Crippen molar-refractivity contribution in [1.29, 1.82) is 0 Å². The van der Waals surface area contributed by atoms with Crippen molar-refractivity contribution in [1.82, 2.24) is 19.9 Å². The molecule has 1 amide bonds. The molecule has 3 N–H and O–H groups in total. The summed E-state index contributed by atoms with van der Waals surface area (Å²) >= 11 is 1.44. The van der Waals surface area contributed by atoms with Gasteiger partial charge in [-0.3, -0.25) is 9.59 Å². The van der Waals surface area contributed by atoms with E-state index in [0.29, 0.717) is 10.8 Å². The van der Waals surface area contributed by atoms with Gasteiger partial charge in [-0.1, -0.05) is 29.8 Å². The number of hydrogen-bond acceptors (Lipinski definition) is 6. The molecule has 2 heterocycles. The zero-order valence-corrected chi connectivity index (χ0v) is 14.7. The van der Waals surface area contributed by atoms with Crippen molar-refractivity contribution in [3.8, 4) is 5.75 Å². The second-order valence-corrected chi connectivity index (χ2v) is 6.58. The number of aryl methyl sites for hydroxylation is 1. The number of benzene rings is 1. The minimum atomic E-state index is -1.18. The Kier molecular flexibility index (Phi) is 5.08. The van der Waals surface area contributed by atoms with Crippen molar-refractivity contribution < 1.29 is 19.8 Å². The first-order valence-corrected chi connectivity index (χ1v) is 8.68. The number of fused-ring (bicyclic) bond motifs is 1. The molecule has 0 bridgehead atoms. The zero-order valence-electron chi connectivity index (χ0n) is 13.8. The third kappa shape index (κ3) is 3.77. The van der Waals surface area contributed by atoms with Gasteiger partial charge in [-0.2, -0.15) is 5.10 Å². The maximum atomic E-state index is 12.2. The molecule has 26 heavy (non-hydrogen) atoms. The molecule has 9 heteroatoms. The van der Waals surface area contributed by atoms with Gasteiger partial charge in [0.05, 0.1) is 0 Å². The van der Waals surface area contributed by atoms with Crippen molar-refractivity contribution >= 4 is 29.3 Å². The van der Waals surface area contributed by atoms with Crippen molar-refractivity contribution in [2.45, 2.75) is 17.7 Å². The Balaban J connectivity index is 1.87. The first-order chi connectivity index (χ1) is 12.5. The molecule has 0 aliphatic heterocycles. The van der Waals surface area contributed by atoms with Crippen molar-refractivity contribution in [3.05, 3.63) is 53.3 Å². The molecule has 0 aliphatic carbocycles. The fourth-order valence-corrected chi connectivity index (χ4v) is 3.30. The molecule has 0 fully saturated rings. The SMILES string of the molecule is Cc1ccc(CSc2cc(O)c(C(=O)NCC(=O)O)c3ncnn23)cc1. The maximum Gasteiger partial charge on any atom is 0.322 e. The number of amides is 1. The Labute approximate surface area is 152 Å². The number of aromatic hydroxyl groups is 1. The van der Waals surface area contributed by atoms with Crippen LogP contribution in [-0.4, -0.2) is 43.2 Å². The van der Waals surface area contributed by atoms with Crippen LogP contribution in [0.15, 0.2) is 41.7 Å².